The molecule has 0 spiro atoms. The summed E-state index contributed by atoms with van der Waals surface area (Å²) in [6, 6.07) is -1.00. The number of carbonyl (C=O) groups excluding carboxylic acids is 1. The number of carboxylic acid groups (broad SMARTS) is 1. The Balaban J connectivity index is 2.67. The smallest absolute Gasteiger partial charge is 0.323 e. The van der Waals surface area contributed by atoms with Crippen LogP contribution in [0.2, 0.25) is 0 Å². The van der Waals surface area contributed by atoms with E-state index in [0.29, 0.717) is 0 Å². The normalized spacial score (nSPS) is 35.0. The second kappa shape index (κ2) is 3.20. The monoisotopic (exact) mass is 173 g/mol. The Labute approximate surface area is 69.4 Å². The van der Waals surface area contributed by atoms with Crippen molar-refractivity contribution in [1.29, 1.82) is 0 Å². The van der Waals surface area contributed by atoms with Gasteiger partial charge in [-0.2, -0.15) is 0 Å². The van der Waals surface area contributed by atoms with Crippen molar-refractivity contribution in [3.8, 4) is 0 Å². The zero-order valence-electron chi connectivity index (χ0n) is 6.65. The third-order valence-corrected chi connectivity index (χ3v) is 2.10. The van der Waals surface area contributed by atoms with Crippen LogP contribution in [0.25, 0.3) is 0 Å². The van der Waals surface area contributed by atoms with Gasteiger partial charge in [-0.15, -0.1) is 0 Å². The first-order valence-corrected chi connectivity index (χ1v) is 3.68. The van der Waals surface area contributed by atoms with Crippen LogP contribution in [0.3, 0.4) is 0 Å². The number of Topliss-reactive ketones (excluding diaryl/α,β-unsaturated/α-hetero) is 1. The summed E-state index contributed by atoms with van der Waals surface area (Å²) in [5.74, 6) is -1.88. The summed E-state index contributed by atoms with van der Waals surface area (Å²) in [4.78, 5) is 21.3. The van der Waals surface area contributed by atoms with Gasteiger partial charge in [0.2, 0.25) is 0 Å². The Morgan fingerprint density at radius 3 is 2.33 bits per heavy atom. The topological polar surface area (TPSA) is 86.6 Å². The molecule has 0 aromatic heterocycles. The van der Waals surface area contributed by atoms with Crippen molar-refractivity contribution >= 4 is 11.8 Å². The maximum absolute atomic E-state index is 10.8. The van der Waals surface area contributed by atoms with E-state index in [2.05, 4.69) is 5.32 Å². The molecule has 1 rings (SSSR count). The number of hydrogen-bond acceptors (Lipinski definition) is 4. The van der Waals surface area contributed by atoms with Crippen LogP contribution >= 0.6 is 0 Å². The van der Waals surface area contributed by atoms with Gasteiger partial charge in [0, 0.05) is 6.54 Å². The molecule has 5 nitrogen and oxygen atoms in total. The average molecular weight is 173 g/mol. The van der Waals surface area contributed by atoms with Crippen molar-refractivity contribution in [2.45, 2.75) is 19.1 Å². The van der Waals surface area contributed by atoms with Crippen LogP contribution < -0.4 is 5.32 Å². The summed E-state index contributed by atoms with van der Waals surface area (Å²) in [5, 5.41) is 20.4. The molecule has 0 saturated carbocycles. The lowest BCUT2D eigenvalue weighted by Crippen LogP contribution is -2.39. The van der Waals surface area contributed by atoms with E-state index in [4.69, 9.17) is 5.11 Å². The van der Waals surface area contributed by atoms with Gasteiger partial charge in [-0.1, -0.05) is 0 Å². The van der Waals surface area contributed by atoms with Crippen LogP contribution in [-0.4, -0.2) is 40.7 Å². The highest BCUT2D eigenvalue weighted by molar-refractivity contribution is 5.83. The second-order valence-corrected chi connectivity index (χ2v) is 2.93. The molecule has 1 saturated heterocycles. The van der Waals surface area contributed by atoms with Gasteiger partial charge >= 0.3 is 5.97 Å². The summed E-state index contributed by atoms with van der Waals surface area (Å²) >= 11 is 0. The molecule has 68 valence electrons. The molecule has 2 unspecified atom stereocenters. The van der Waals surface area contributed by atoms with Crippen molar-refractivity contribution in [3.05, 3.63) is 0 Å². The van der Waals surface area contributed by atoms with E-state index >= 15 is 0 Å². The number of aliphatic hydroxyl groups is 1. The van der Waals surface area contributed by atoms with Gasteiger partial charge in [-0.3, -0.25) is 9.59 Å². The minimum atomic E-state index is -1.12. The number of carboxylic acids is 1. The Morgan fingerprint density at radius 2 is 2.08 bits per heavy atom. The van der Waals surface area contributed by atoms with Crippen molar-refractivity contribution in [2.24, 2.45) is 5.92 Å². The predicted molar refractivity (Wildman–Crippen MR) is 39.6 cm³/mol. The molecule has 0 aliphatic carbocycles. The first-order valence-electron chi connectivity index (χ1n) is 3.68. The molecule has 12 heavy (non-hydrogen) atoms. The number of aliphatic carboxylic acids is 1. The van der Waals surface area contributed by atoms with Gasteiger partial charge in [0.1, 0.15) is 11.8 Å². The molecule has 0 aromatic rings. The molecule has 3 atom stereocenters. The molecule has 5 heteroatoms. The Bertz CT molecular complexity index is 193. The van der Waals surface area contributed by atoms with Crippen LogP contribution in [0.15, 0.2) is 0 Å². The van der Waals surface area contributed by atoms with Gasteiger partial charge in [-0.25, -0.2) is 0 Å². The first kappa shape index (κ1) is 9.15. The highest BCUT2D eigenvalue weighted by Gasteiger charge is 2.40. The van der Waals surface area contributed by atoms with Crippen LogP contribution in [0, 0.1) is 5.92 Å². The van der Waals surface area contributed by atoms with Crippen molar-refractivity contribution in [1.82, 2.24) is 5.32 Å². The molecule has 0 amide bonds. The molecule has 1 heterocycles. The minimum Gasteiger partial charge on any atom is -0.480 e. The zero-order valence-corrected chi connectivity index (χ0v) is 6.65. The lowest BCUT2D eigenvalue weighted by atomic mass is 9.98. The van der Waals surface area contributed by atoms with Gasteiger partial charge in [0.15, 0.2) is 0 Å². The van der Waals surface area contributed by atoms with Crippen molar-refractivity contribution in [3.63, 3.8) is 0 Å². The van der Waals surface area contributed by atoms with Crippen LogP contribution in [-0.2, 0) is 9.59 Å². The molecular weight excluding hydrogens is 162 g/mol. The summed E-state index contributed by atoms with van der Waals surface area (Å²) in [6.45, 7) is 1.59. The number of carbonyl (C=O) groups is 2. The Morgan fingerprint density at radius 1 is 1.50 bits per heavy atom. The van der Waals surface area contributed by atoms with E-state index in [0.717, 1.165) is 0 Å². The summed E-state index contributed by atoms with van der Waals surface area (Å²) < 4.78 is 0. The van der Waals surface area contributed by atoms with Crippen LogP contribution in [0.4, 0.5) is 0 Å². The standard InChI is InChI=1S/C7H11NO4/c1-3(9)4-2-8-5(6(4)10)7(11)12/h4-6,8,10H,2H2,1H3,(H,11,12)/t4?,5-,6?/m0/s1. The summed E-state index contributed by atoms with van der Waals surface area (Å²) in [6.07, 6.45) is -1.10. The number of hydrogen-bond donors (Lipinski definition) is 3. The summed E-state index contributed by atoms with van der Waals surface area (Å²) in [5.41, 5.74) is 0. The average Bonchev–Trinajstić information content (AvgIpc) is 2.30. The minimum absolute atomic E-state index is 0.182. The Kier molecular flexibility index (Phi) is 2.44. The lowest BCUT2D eigenvalue weighted by Gasteiger charge is -2.12. The fourth-order valence-corrected chi connectivity index (χ4v) is 1.35. The lowest BCUT2D eigenvalue weighted by molar-refractivity contribution is -0.141. The fraction of sp³-hybridized carbons (Fsp3) is 0.714. The molecule has 0 aromatic carbocycles. The third kappa shape index (κ3) is 1.46. The van der Waals surface area contributed by atoms with Gasteiger partial charge in [0.05, 0.1) is 12.0 Å². The zero-order chi connectivity index (χ0) is 9.30. The molecular formula is C7H11NO4. The number of nitrogens with one attached hydrogen (secondary N) is 1. The van der Waals surface area contributed by atoms with Gasteiger partial charge < -0.3 is 15.5 Å². The maximum Gasteiger partial charge on any atom is 0.323 e. The van der Waals surface area contributed by atoms with Crippen molar-refractivity contribution < 1.29 is 19.8 Å². The number of aliphatic hydroxyl groups excluding tert-OH is 1. The maximum atomic E-state index is 10.8. The highest BCUT2D eigenvalue weighted by atomic mass is 16.4. The second-order valence-electron chi connectivity index (χ2n) is 2.93. The van der Waals surface area contributed by atoms with Gasteiger partial charge in [0.25, 0.3) is 0 Å². The molecule has 3 N–H and O–H groups in total. The van der Waals surface area contributed by atoms with E-state index in [1.807, 2.05) is 0 Å². The van der Waals surface area contributed by atoms with Gasteiger partial charge in [-0.05, 0) is 6.92 Å². The SMILES string of the molecule is CC(=O)C1CN[C@H](C(=O)O)C1O. The Hall–Kier alpha value is -0.940. The van der Waals surface area contributed by atoms with Crippen molar-refractivity contribution in [2.75, 3.05) is 6.54 Å². The number of ketones is 1. The van der Waals surface area contributed by atoms with Crippen LogP contribution in [0.1, 0.15) is 6.92 Å². The van der Waals surface area contributed by atoms with E-state index in [-0.39, 0.29) is 12.3 Å². The van der Waals surface area contributed by atoms with E-state index < -0.39 is 24.0 Å². The molecule has 1 aliphatic rings. The van der Waals surface area contributed by atoms with E-state index in [1.165, 1.54) is 6.92 Å². The largest absolute Gasteiger partial charge is 0.480 e. The molecule has 1 fully saturated rings. The molecule has 1 aliphatic heterocycles. The first-order chi connectivity index (χ1) is 5.54. The van der Waals surface area contributed by atoms with E-state index in [9.17, 15) is 14.7 Å². The van der Waals surface area contributed by atoms with Crippen LogP contribution in [0.5, 0.6) is 0 Å². The number of rotatable bonds is 2. The quantitative estimate of drug-likeness (QED) is 0.478. The van der Waals surface area contributed by atoms with E-state index in [1.54, 1.807) is 0 Å². The predicted octanol–water partition coefficient (Wildman–Crippen LogP) is -1.39. The fourth-order valence-electron chi connectivity index (χ4n) is 1.35. The third-order valence-electron chi connectivity index (χ3n) is 2.10. The molecule has 0 bridgehead atoms. The molecule has 0 radical (unpaired) electrons. The summed E-state index contributed by atoms with van der Waals surface area (Å²) in [7, 11) is 0. The highest BCUT2D eigenvalue weighted by Crippen LogP contribution is 2.15.